The van der Waals surface area contributed by atoms with Crippen molar-refractivity contribution in [3.8, 4) is 0 Å². The number of carbonyl (C=O) groups is 2. The Bertz CT molecular complexity index is 412. The van der Waals surface area contributed by atoms with E-state index >= 15 is 0 Å². The molecule has 2 amide bonds. The number of ether oxygens (including phenoxy) is 1. The van der Waals surface area contributed by atoms with Gasteiger partial charge in [-0.05, 0) is 38.5 Å². The minimum atomic E-state index is -0.116. The molecule has 0 radical (unpaired) electrons. The van der Waals surface area contributed by atoms with E-state index in [-0.39, 0.29) is 24.0 Å². The van der Waals surface area contributed by atoms with Gasteiger partial charge in [0.05, 0.1) is 12.5 Å². The molecule has 6 heteroatoms. The van der Waals surface area contributed by atoms with Crippen LogP contribution in [0.15, 0.2) is 0 Å². The van der Waals surface area contributed by atoms with Crippen LogP contribution in [0.1, 0.15) is 46.5 Å². The zero-order chi connectivity index (χ0) is 17.5. The highest BCUT2D eigenvalue weighted by Crippen LogP contribution is 2.19. The smallest absolute Gasteiger partial charge is 0.317 e. The van der Waals surface area contributed by atoms with Crippen molar-refractivity contribution in [3.63, 3.8) is 0 Å². The van der Waals surface area contributed by atoms with Crippen LogP contribution in [0.2, 0.25) is 0 Å². The molecular formula is C18H33N3O3. The Labute approximate surface area is 145 Å². The van der Waals surface area contributed by atoms with E-state index in [0.29, 0.717) is 38.5 Å². The topological polar surface area (TPSA) is 61.9 Å². The lowest BCUT2D eigenvalue weighted by Gasteiger charge is -2.36. The van der Waals surface area contributed by atoms with Gasteiger partial charge >= 0.3 is 12.0 Å². The molecule has 138 valence electrons. The van der Waals surface area contributed by atoms with Crippen molar-refractivity contribution in [2.24, 2.45) is 11.8 Å². The number of hydrogen-bond donors (Lipinski definition) is 1. The van der Waals surface area contributed by atoms with Crippen molar-refractivity contribution in [3.05, 3.63) is 0 Å². The number of likely N-dealkylation sites (tertiary alicyclic amines) is 2. The minimum Gasteiger partial charge on any atom is -0.466 e. The first-order chi connectivity index (χ1) is 11.5. The number of nitrogens with one attached hydrogen (secondary N) is 1. The molecule has 24 heavy (non-hydrogen) atoms. The average molecular weight is 339 g/mol. The summed E-state index contributed by atoms with van der Waals surface area (Å²) in [4.78, 5) is 28.5. The number of nitrogens with zero attached hydrogens (tertiary/aromatic N) is 2. The largest absolute Gasteiger partial charge is 0.466 e. The van der Waals surface area contributed by atoms with E-state index in [9.17, 15) is 9.59 Å². The quantitative estimate of drug-likeness (QED) is 0.779. The summed E-state index contributed by atoms with van der Waals surface area (Å²) in [5.74, 6) is 0.528. The Morgan fingerprint density at radius 3 is 2.25 bits per heavy atom. The van der Waals surface area contributed by atoms with Crippen LogP contribution in [0.3, 0.4) is 0 Å². The Morgan fingerprint density at radius 1 is 1.08 bits per heavy atom. The highest BCUT2D eigenvalue weighted by Gasteiger charge is 2.29. The van der Waals surface area contributed by atoms with Gasteiger partial charge in [0.15, 0.2) is 0 Å². The molecule has 2 rings (SSSR count). The number of amides is 2. The van der Waals surface area contributed by atoms with Crippen molar-refractivity contribution < 1.29 is 14.3 Å². The number of carbonyl (C=O) groups excluding carboxylic acids is 2. The fourth-order valence-electron chi connectivity index (χ4n) is 3.62. The van der Waals surface area contributed by atoms with Gasteiger partial charge in [-0.2, -0.15) is 0 Å². The average Bonchev–Trinajstić information content (AvgIpc) is 2.56. The van der Waals surface area contributed by atoms with Gasteiger partial charge in [-0.3, -0.25) is 4.79 Å². The van der Waals surface area contributed by atoms with Crippen LogP contribution < -0.4 is 5.32 Å². The van der Waals surface area contributed by atoms with Crippen LogP contribution in [-0.4, -0.2) is 67.2 Å². The molecule has 2 aliphatic heterocycles. The standard InChI is InChI=1S/C18H33N3O3/c1-4-24-17(22)15-5-11-21(12-6-15)18(23)19-16-7-9-20(10-8-16)13-14(2)3/h14-16H,4-13H2,1-3H3,(H,19,23). The van der Waals surface area contributed by atoms with Crippen LogP contribution >= 0.6 is 0 Å². The van der Waals surface area contributed by atoms with Gasteiger partial charge in [-0.15, -0.1) is 0 Å². The Kier molecular flexibility index (Phi) is 7.34. The summed E-state index contributed by atoms with van der Waals surface area (Å²) in [6.45, 7) is 11.3. The molecule has 0 aromatic heterocycles. The van der Waals surface area contributed by atoms with Gasteiger partial charge in [0.25, 0.3) is 0 Å². The van der Waals surface area contributed by atoms with Gasteiger partial charge in [-0.25, -0.2) is 4.79 Å². The maximum Gasteiger partial charge on any atom is 0.317 e. The molecule has 1 N–H and O–H groups in total. The van der Waals surface area contributed by atoms with Gasteiger partial charge in [-0.1, -0.05) is 13.8 Å². The van der Waals surface area contributed by atoms with Gasteiger partial charge in [0, 0.05) is 38.8 Å². The summed E-state index contributed by atoms with van der Waals surface area (Å²) in [5, 5.41) is 3.18. The minimum absolute atomic E-state index is 0.0274. The van der Waals surface area contributed by atoms with Crippen LogP contribution in [0.25, 0.3) is 0 Å². The molecule has 0 aliphatic carbocycles. The molecule has 2 aliphatic rings. The molecule has 2 heterocycles. The Hall–Kier alpha value is -1.30. The van der Waals surface area contributed by atoms with Crippen molar-refractivity contribution in [2.75, 3.05) is 39.3 Å². The molecule has 0 aromatic rings. The first-order valence-corrected chi connectivity index (χ1v) is 9.44. The maximum atomic E-state index is 12.4. The summed E-state index contributed by atoms with van der Waals surface area (Å²) in [7, 11) is 0. The van der Waals surface area contributed by atoms with Crippen LogP contribution in [0.4, 0.5) is 4.79 Å². The molecule has 2 fully saturated rings. The SMILES string of the molecule is CCOC(=O)C1CCN(C(=O)NC2CCN(CC(C)C)CC2)CC1. The van der Waals surface area contributed by atoms with Crippen LogP contribution in [-0.2, 0) is 9.53 Å². The molecule has 0 spiro atoms. The zero-order valence-corrected chi connectivity index (χ0v) is 15.4. The van der Waals surface area contributed by atoms with E-state index in [1.807, 2.05) is 11.8 Å². The number of urea groups is 1. The summed E-state index contributed by atoms with van der Waals surface area (Å²) in [5.41, 5.74) is 0. The third-order valence-electron chi connectivity index (χ3n) is 4.94. The van der Waals surface area contributed by atoms with Gasteiger partial charge in [0.1, 0.15) is 0 Å². The van der Waals surface area contributed by atoms with Crippen molar-refractivity contribution in [1.29, 1.82) is 0 Å². The molecule has 2 saturated heterocycles. The number of rotatable bonds is 5. The lowest BCUT2D eigenvalue weighted by molar-refractivity contribution is -0.149. The molecule has 0 bridgehead atoms. The van der Waals surface area contributed by atoms with Crippen LogP contribution in [0, 0.1) is 11.8 Å². The molecule has 0 unspecified atom stereocenters. The molecule has 0 atom stereocenters. The molecule has 0 aromatic carbocycles. The van der Waals surface area contributed by atoms with Gasteiger partial charge < -0.3 is 19.9 Å². The second kappa shape index (κ2) is 9.25. The normalized spacial score (nSPS) is 21.1. The summed E-state index contributed by atoms with van der Waals surface area (Å²) < 4.78 is 5.07. The fourth-order valence-corrected chi connectivity index (χ4v) is 3.62. The van der Waals surface area contributed by atoms with E-state index in [0.717, 1.165) is 32.5 Å². The van der Waals surface area contributed by atoms with Crippen LogP contribution in [0.5, 0.6) is 0 Å². The number of hydrogen-bond acceptors (Lipinski definition) is 4. The van der Waals surface area contributed by atoms with Crippen molar-refractivity contribution >= 4 is 12.0 Å². The first-order valence-electron chi connectivity index (χ1n) is 9.44. The molecule has 0 saturated carbocycles. The number of esters is 1. The lowest BCUT2D eigenvalue weighted by Crippen LogP contribution is -2.51. The summed E-state index contributed by atoms with van der Waals surface area (Å²) in [6, 6.07) is 0.309. The predicted octanol–water partition coefficient (Wildman–Crippen LogP) is 2.09. The predicted molar refractivity (Wildman–Crippen MR) is 93.8 cm³/mol. The Morgan fingerprint density at radius 2 is 1.71 bits per heavy atom. The number of piperidine rings is 2. The monoisotopic (exact) mass is 339 g/mol. The summed E-state index contributed by atoms with van der Waals surface area (Å²) >= 11 is 0. The maximum absolute atomic E-state index is 12.4. The molecular weight excluding hydrogens is 306 g/mol. The van der Waals surface area contributed by atoms with E-state index in [4.69, 9.17) is 4.74 Å². The third-order valence-corrected chi connectivity index (χ3v) is 4.94. The third kappa shape index (κ3) is 5.65. The van der Waals surface area contributed by atoms with Crippen molar-refractivity contribution in [2.45, 2.75) is 52.5 Å². The van der Waals surface area contributed by atoms with Crippen molar-refractivity contribution in [1.82, 2.24) is 15.1 Å². The van der Waals surface area contributed by atoms with E-state index in [1.54, 1.807) is 0 Å². The second-order valence-corrected chi connectivity index (χ2v) is 7.43. The second-order valence-electron chi connectivity index (χ2n) is 7.43. The zero-order valence-electron chi connectivity index (χ0n) is 15.4. The summed E-state index contributed by atoms with van der Waals surface area (Å²) in [6.07, 6.45) is 3.47. The van der Waals surface area contributed by atoms with Gasteiger partial charge in [0.2, 0.25) is 0 Å². The first kappa shape index (κ1) is 19.0. The highest BCUT2D eigenvalue weighted by molar-refractivity contribution is 5.76. The fraction of sp³-hybridized carbons (Fsp3) is 0.889. The van der Waals surface area contributed by atoms with E-state index in [2.05, 4.69) is 24.1 Å². The Balaban J connectivity index is 1.68. The molecule has 6 nitrogen and oxygen atoms in total. The van der Waals surface area contributed by atoms with E-state index < -0.39 is 0 Å². The van der Waals surface area contributed by atoms with E-state index in [1.165, 1.54) is 0 Å². The highest BCUT2D eigenvalue weighted by atomic mass is 16.5. The lowest BCUT2D eigenvalue weighted by atomic mass is 9.97.